The van der Waals surface area contributed by atoms with Crippen molar-refractivity contribution < 1.29 is 0 Å². The molecule has 0 bridgehead atoms. The zero-order chi connectivity index (χ0) is 9.68. The van der Waals surface area contributed by atoms with Gasteiger partial charge in [0.2, 0.25) is 0 Å². The van der Waals surface area contributed by atoms with Crippen molar-refractivity contribution in [2.45, 2.75) is 21.3 Å². The van der Waals surface area contributed by atoms with Crippen LogP contribution in [0.4, 0.5) is 0 Å². The molecule has 1 unspecified atom stereocenters. The smallest absolute Gasteiger partial charge is 0.0201 e. The van der Waals surface area contributed by atoms with Crippen molar-refractivity contribution in [1.29, 1.82) is 0 Å². The summed E-state index contributed by atoms with van der Waals surface area (Å²) in [5, 5.41) is 0. The zero-order valence-corrected chi connectivity index (χ0v) is 8.33. The van der Waals surface area contributed by atoms with Gasteiger partial charge in [0.1, 0.15) is 0 Å². The summed E-state index contributed by atoms with van der Waals surface area (Å²) in [7, 11) is 0. The monoisotopic (exact) mass is 188 g/mol. The fraction of sp³-hybridized carbons (Fsp3) is 0.286. The second-order valence-corrected chi connectivity index (χ2v) is 3.26. The van der Waals surface area contributed by atoms with Gasteiger partial charge in [-0.25, -0.2) is 0 Å². The molecule has 76 valence electrons. The molecule has 1 aliphatic carbocycles. The number of hydrogen-bond acceptors (Lipinski definition) is 0. The van der Waals surface area contributed by atoms with Gasteiger partial charge in [-0.15, -0.1) is 0 Å². The molecule has 0 fully saturated rings. The highest BCUT2D eigenvalue weighted by Gasteiger charge is 2.05. The maximum absolute atomic E-state index is 3.84. The van der Waals surface area contributed by atoms with Crippen LogP contribution in [0, 0.1) is 5.92 Å². The van der Waals surface area contributed by atoms with Crippen LogP contribution in [0.15, 0.2) is 60.3 Å². The van der Waals surface area contributed by atoms with Crippen LogP contribution in [0.2, 0.25) is 0 Å². The fourth-order valence-electron chi connectivity index (χ4n) is 1.30. The summed E-state index contributed by atoms with van der Waals surface area (Å²) in [4.78, 5) is 0. The molecule has 0 radical (unpaired) electrons. The van der Waals surface area contributed by atoms with Gasteiger partial charge in [0.15, 0.2) is 0 Å². The topological polar surface area (TPSA) is 0 Å². The third-order valence-corrected chi connectivity index (χ3v) is 2.02. The van der Waals surface area contributed by atoms with Crippen LogP contribution in [-0.4, -0.2) is 0 Å². The summed E-state index contributed by atoms with van der Waals surface area (Å²) >= 11 is 0. The highest BCUT2D eigenvalue weighted by atomic mass is 14.1. The van der Waals surface area contributed by atoms with E-state index in [-0.39, 0.29) is 7.43 Å². The van der Waals surface area contributed by atoms with Crippen molar-refractivity contribution in [2.75, 3.05) is 0 Å². The summed E-state index contributed by atoms with van der Waals surface area (Å²) in [6, 6.07) is 0. The van der Waals surface area contributed by atoms with Crippen molar-refractivity contribution in [1.82, 2.24) is 0 Å². The summed E-state index contributed by atoms with van der Waals surface area (Å²) in [6.07, 6.45) is 14.9. The van der Waals surface area contributed by atoms with Crippen molar-refractivity contribution >= 4 is 0 Å². The Kier molecular flexibility index (Phi) is 5.62. The zero-order valence-electron chi connectivity index (χ0n) is 8.33. The first-order valence-corrected chi connectivity index (χ1v) is 4.59. The van der Waals surface area contributed by atoms with E-state index in [1.807, 2.05) is 6.92 Å². The predicted molar refractivity (Wildman–Crippen MR) is 66.2 cm³/mol. The van der Waals surface area contributed by atoms with Gasteiger partial charge in [-0.2, -0.15) is 0 Å². The quantitative estimate of drug-likeness (QED) is 0.562. The Labute approximate surface area is 88.0 Å². The molecule has 0 aliphatic heterocycles. The van der Waals surface area contributed by atoms with Crippen molar-refractivity contribution in [3.8, 4) is 0 Å². The lowest BCUT2D eigenvalue weighted by molar-refractivity contribution is 0.987. The normalized spacial score (nSPS) is 22.7. The van der Waals surface area contributed by atoms with E-state index in [9.17, 15) is 0 Å². The van der Waals surface area contributed by atoms with Crippen LogP contribution < -0.4 is 0 Å². The van der Waals surface area contributed by atoms with E-state index in [1.54, 1.807) is 0 Å². The van der Waals surface area contributed by atoms with E-state index in [0.29, 0.717) is 5.92 Å². The average molecular weight is 188 g/mol. The van der Waals surface area contributed by atoms with E-state index < -0.39 is 0 Å². The molecule has 1 rings (SSSR count). The summed E-state index contributed by atoms with van der Waals surface area (Å²) in [6.45, 7) is 7.92. The molecule has 0 aromatic rings. The van der Waals surface area contributed by atoms with E-state index in [1.165, 1.54) is 5.57 Å². The number of allylic oxidation sites excluding steroid dienone is 9. The Bertz CT molecular complexity index is 298. The highest BCUT2D eigenvalue weighted by Crippen LogP contribution is 2.20. The minimum Gasteiger partial charge on any atom is -0.0961 e. The Morgan fingerprint density at radius 1 is 1.43 bits per heavy atom. The second kappa shape index (κ2) is 6.20. The molecule has 0 nitrogen and oxygen atoms in total. The minimum absolute atomic E-state index is 0. The molecule has 0 spiro atoms. The Morgan fingerprint density at radius 3 is 2.71 bits per heavy atom. The van der Waals surface area contributed by atoms with Gasteiger partial charge in [-0.1, -0.05) is 62.1 Å². The molecule has 0 aromatic carbocycles. The molecule has 1 aliphatic rings. The fourth-order valence-corrected chi connectivity index (χ4v) is 1.30. The van der Waals surface area contributed by atoms with Crippen LogP contribution in [0.3, 0.4) is 0 Å². The molecule has 0 heteroatoms. The van der Waals surface area contributed by atoms with Gasteiger partial charge < -0.3 is 0 Å². The standard InChI is InChI=1S/C13H16.CH4/c1-4-12-7-5-6-8-13(12)10-9-11(2)3;/h4-10,13H,2H2,1,3H3;1H4/b10-9?,12-4-;. The molecule has 0 heterocycles. The maximum atomic E-state index is 3.84. The minimum atomic E-state index is 0. The summed E-state index contributed by atoms with van der Waals surface area (Å²) in [5.41, 5.74) is 2.44. The lowest BCUT2D eigenvalue weighted by Gasteiger charge is -2.11. The average Bonchev–Trinajstić information content (AvgIpc) is 2.15. The van der Waals surface area contributed by atoms with Gasteiger partial charge in [0.25, 0.3) is 0 Å². The van der Waals surface area contributed by atoms with Gasteiger partial charge in [-0.3, -0.25) is 0 Å². The first-order chi connectivity index (χ1) is 6.24. The van der Waals surface area contributed by atoms with Crippen LogP contribution in [0.5, 0.6) is 0 Å². The van der Waals surface area contributed by atoms with E-state index in [0.717, 1.165) is 5.57 Å². The Balaban J connectivity index is 0.00000169. The molecule has 0 N–H and O–H groups in total. The highest BCUT2D eigenvalue weighted by molar-refractivity contribution is 5.36. The number of rotatable bonds is 2. The second-order valence-electron chi connectivity index (χ2n) is 3.26. The van der Waals surface area contributed by atoms with E-state index >= 15 is 0 Å². The van der Waals surface area contributed by atoms with Crippen LogP contribution in [-0.2, 0) is 0 Å². The molecule has 0 amide bonds. The number of hydrogen-bond donors (Lipinski definition) is 0. The SMILES string of the molecule is C.C=C(C)C=CC1C=CC=C/C1=C/C. The summed E-state index contributed by atoms with van der Waals surface area (Å²) in [5.74, 6) is 0.423. The molecule has 0 saturated carbocycles. The first-order valence-electron chi connectivity index (χ1n) is 4.59. The van der Waals surface area contributed by atoms with Gasteiger partial charge in [-0.05, 0) is 19.4 Å². The largest absolute Gasteiger partial charge is 0.0961 e. The maximum Gasteiger partial charge on any atom is 0.0201 e. The van der Waals surface area contributed by atoms with Crippen LogP contribution in [0.25, 0.3) is 0 Å². The third-order valence-electron chi connectivity index (χ3n) is 2.02. The van der Waals surface area contributed by atoms with Crippen LogP contribution in [0.1, 0.15) is 21.3 Å². The first kappa shape index (κ1) is 12.7. The van der Waals surface area contributed by atoms with Gasteiger partial charge in [0, 0.05) is 5.92 Å². The molecule has 14 heavy (non-hydrogen) atoms. The van der Waals surface area contributed by atoms with Gasteiger partial charge >= 0.3 is 0 Å². The molecular weight excluding hydrogens is 168 g/mol. The Hall–Kier alpha value is -1.30. The molecule has 0 saturated heterocycles. The molecule has 0 aromatic heterocycles. The summed E-state index contributed by atoms with van der Waals surface area (Å²) < 4.78 is 0. The lowest BCUT2D eigenvalue weighted by Crippen LogP contribution is -1.97. The Morgan fingerprint density at radius 2 is 2.14 bits per heavy atom. The van der Waals surface area contributed by atoms with Crippen LogP contribution >= 0.6 is 0 Å². The predicted octanol–water partition coefficient (Wildman–Crippen LogP) is 4.44. The molecule has 1 atom stereocenters. The van der Waals surface area contributed by atoms with Crippen molar-refractivity contribution in [3.05, 3.63) is 60.3 Å². The molecular formula is C14H20. The van der Waals surface area contributed by atoms with Crippen molar-refractivity contribution in [3.63, 3.8) is 0 Å². The lowest BCUT2D eigenvalue weighted by atomic mass is 9.93. The third kappa shape index (κ3) is 3.61. The van der Waals surface area contributed by atoms with Crippen molar-refractivity contribution in [2.24, 2.45) is 5.92 Å². The van der Waals surface area contributed by atoms with E-state index in [2.05, 4.69) is 56.0 Å². The van der Waals surface area contributed by atoms with Gasteiger partial charge in [0.05, 0.1) is 0 Å². The van der Waals surface area contributed by atoms with E-state index in [4.69, 9.17) is 0 Å².